The van der Waals surface area contributed by atoms with E-state index in [0.29, 0.717) is 19.4 Å². The highest BCUT2D eigenvalue weighted by atomic mass is 16.3. The molecule has 1 saturated carbocycles. The molecule has 1 amide bonds. The monoisotopic (exact) mass is 273 g/mol. The predicted octanol–water partition coefficient (Wildman–Crippen LogP) is 0.813. The number of rotatable bonds is 0. The van der Waals surface area contributed by atoms with Crippen LogP contribution in [0.5, 0.6) is 0 Å². The smallest absolute Gasteiger partial charge is 0.223 e. The topological polar surface area (TPSA) is 60.8 Å². The number of fused-ring (bicyclic) bond motifs is 2. The normalized spacial score (nSPS) is 39.2. The molecule has 0 aromatic heterocycles. The molecule has 1 spiro atoms. The van der Waals surface area contributed by atoms with E-state index < -0.39 is 12.2 Å². The van der Waals surface area contributed by atoms with Crippen molar-refractivity contribution >= 4 is 5.91 Å². The van der Waals surface area contributed by atoms with Crippen LogP contribution in [-0.2, 0) is 11.2 Å². The highest BCUT2D eigenvalue weighted by Gasteiger charge is 2.60. The number of aliphatic hydroxyl groups excluding tert-OH is 2. The Balaban J connectivity index is 1.92. The molecule has 1 saturated heterocycles. The summed E-state index contributed by atoms with van der Waals surface area (Å²) in [5, 5.41) is 20.7. The van der Waals surface area contributed by atoms with Crippen LogP contribution < -0.4 is 0 Å². The average Bonchev–Trinajstić information content (AvgIpc) is 2.82. The summed E-state index contributed by atoms with van der Waals surface area (Å²) in [4.78, 5) is 14.2. The molecule has 1 aromatic carbocycles. The van der Waals surface area contributed by atoms with Gasteiger partial charge >= 0.3 is 0 Å². The molecule has 4 heteroatoms. The third-order valence-corrected chi connectivity index (χ3v) is 5.48. The van der Waals surface area contributed by atoms with Gasteiger partial charge < -0.3 is 15.1 Å². The van der Waals surface area contributed by atoms with Crippen molar-refractivity contribution in [2.75, 3.05) is 6.54 Å². The zero-order valence-electron chi connectivity index (χ0n) is 11.3. The van der Waals surface area contributed by atoms with E-state index in [1.807, 2.05) is 17.0 Å². The van der Waals surface area contributed by atoms with E-state index in [9.17, 15) is 15.0 Å². The molecule has 3 aliphatic rings. The number of nitrogens with zero attached hydrogens (tertiary/aromatic N) is 1. The minimum Gasteiger partial charge on any atom is -0.390 e. The SMILES string of the molecule is O=C1CC[C@]23C[C@H](O)[C@H](O)[C@H]2c2ccccc2CCN13. The molecule has 1 aromatic rings. The maximum Gasteiger partial charge on any atom is 0.223 e. The molecule has 4 atom stereocenters. The van der Waals surface area contributed by atoms with Crippen molar-refractivity contribution in [2.45, 2.75) is 49.3 Å². The molecule has 2 N–H and O–H groups in total. The average molecular weight is 273 g/mol. The van der Waals surface area contributed by atoms with Crippen LogP contribution in [-0.4, -0.2) is 45.3 Å². The number of aliphatic hydroxyl groups is 2. The second kappa shape index (κ2) is 4.06. The number of carbonyl (C=O) groups excluding carboxylic acids is 1. The molecule has 0 unspecified atom stereocenters. The van der Waals surface area contributed by atoms with Crippen LogP contribution >= 0.6 is 0 Å². The molecule has 2 aliphatic heterocycles. The molecular formula is C16H19NO3. The Morgan fingerprint density at radius 3 is 2.85 bits per heavy atom. The van der Waals surface area contributed by atoms with Gasteiger partial charge in [-0.25, -0.2) is 0 Å². The summed E-state index contributed by atoms with van der Waals surface area (Å²) in [6.07, 6.45) is 1.11. The largest absolute Gasteiger partial charge is 0.390 e. The van der Waals surface area contributed by atoms with Gasteiger partial charge in [0, 0.05) is 18.9 Å². The highest BCUT2D eigenvalue weighted by Crippen LogP contribution is 2.54. The molecule has 4 rings (SSSR count). The second-order valence-corrected chi connectivity index (χ2v) is 6.34. The van der Waals surface area contributed by atoms with Crippen LogP contribution in [0.15, 0.2) is 24.3 Å². The minimum absolute atomic E-state index is 0.150. The van der Waals surface area contributed by atoms with Crippen LogP contribution in [0.4, 0.5) is 0 Å². The Labute approximate surface area is 118 Å². The lowest BCUT2D eigenvalue weighted by atomic mass is 9.78. The van der Waals surface area contributed by atoms with Gasteiger partial charge in [-0.15, -0.1) is 0 Å². The van der Waals surface area contributed by atoms with Crippen molar-refractivity contribution in [3.63, 3.8) is 0 Å². The first kappa shape index (κ1) is 12.4. The van der Waals surface area contributed by atoms with E-state index in [-0.39, 0.29) is 17.4 Å². The number of carbonyl (C=O) groups is 1. The van der Waals surface area contributed by atoms with Gasteiger partial charge in [0.05, 0.1) is 17.7 Å². The fourth-order valence-electron chi connectivity index (χ4n) is 4.65. The number of amides is 1. The predicted molar refractivity (Wildman–Crippen MR) is 73.2 cm³/mol. The highest BCUT2D eigenvalue weighted by molar-refractivity contribution is 5.80. The van der Waals surface area contributed by atoms with E-state index in [0.717, 1.165) is 18.4 Å². The molecule has 4 nitrogen and oxygen atoms in total. The standard InChI is InChI=1S/C16H19NO3/c18-12-9-16-7-5-13(19)17(16)8-6-10-3-1-2-4-11(10)14(16)15(12)20/h1-4,12,14-15,18,20H,5-9H2/t12-,14+,15-,16-/m0/s1. The summed E-state index contributed by atoms with van der Waals surface area (Å²) in [5.41, 5.74) is 1.95. The zero-order valence-corrected chi connectivity index (χ0v) is 11.3. The minimum atomic E-state index is -0.775. The summed E-state index contributed by atoms with van der Waals surface area (Å²) in [6.45, 7) is 0.700. The Hall–Kier alpha value is -1.39. The number of hydrogen-bond acceptors (Lipinski definition) is 3. The van der Waals surface area contributed by atoms with Crippen LogP contribution in [0.2, 0.25) is 0 Å². The number of benzene rings is 1. The van der Waals surface area contributed by atoms with Gasteiger partial charge in [-0.05, 0) is 30.4 Å². The van der Waals surface area contributed by atoms with Gasteiger partial charge in [-0.2, -0.15) is 0 Å². The molecule has 20 heavy (non-hydrogen) atoms. The fourth-order valence-corrected chi connectivity index (χ4v) is 4.65. The Morgan fingerprint density at radius 1 is 1.20 bits per heavy atom. The fraction of sp³-hybridized carbons (Fsp3) is 0.562. The third-order valence-electron chi connectivity index (χ3n) is 5.48. The van der Waals surface area contributed by atoms with E-state index in [4.69, 9.17) is 0 Å². The number of hydrogen-bond donors (Lipinski definition) is 2. The molecule has 106 valence electrons. The van der Waals surface area contributed by atoms with E-state index in [2.05, 4.69) is 12.1 Å². The lowest BCUT2D eigenvalue weighted by Crippen LogP contribution is -2.48. The molecule has 2 heterocycles. The second-order valence-electron chi connectivity index (χ2n) is 6.34. The maximum atomic E-state index is 12.2. The molecule has 0 radical (unpaired) electrons. The molecule has 1 aliphatic carbocycles. The Bertz CT molecular complexity index is 573. The van der Waals surface area contributed by atoms with E-state index in [1.165, 1.54) is 5.56 Å². The van der Waals surface area contributed by atoms with Crippen LogP contribution in [0.3, 0.4) is 0 Å². The van der Waals surface area contributed by atoms with Gasteiger partial charge in [0.1, 0.15) is 0 Å². The van der Waals surface area contributed by atoms with Gasteiger partial charge in [0.2, 0.25) is 5.91 Å². The van der Waals surface area contributed by atoms with Crippen molar-refractivity contribution in [2.24, 2.45) is 0 Å². The first-order valence-electron chi connectivity index (χ1n) is 7.38. The van der Waals surface area contributed by atoms with Gasteiger partial charge in [-0.1, -0.05) is 24.3 Å². The Kier molecular flexibility index (Phi) is 2.51. The van der Waals surface area contributed by atoms with Gasteiger partial charge in [0.15, 0.2) is 0 Å². The summed E-state index contributed by atoms with van der Waals surface area (Å²) < 4.78 is 0. The van der Waals surface area contributed by atoms with Crippen LogP contribution in [0.25, 0.3) is 0 Å². The maximum absolute atomic E-state index is 12.2. The molecular weight excluding hydrogens is 254 g/mol. The lowest BCUT2D eigenvalue weighted by Gasteiger charge is -2.39. The van der Waals surface area contributed by atoms with Gasteiger partial charge in [0.25, 0.3) is 0 Å². The van der Waals surface area contributed by atoms with Gasteiger partial charge in [-0.3, -0.25) is 4.79 Å². The van der Waals surface area contributed by atoms with Crippen molar-refractivity contribution in [1.29, 1.82) is 0 Å². The first-order chi connectivity index (χ1) is 9.63. The Morgan fingerprint density at radius 2 is 2.00 bits per heavy atom. The van der Waals surface area contributed by atoms with Crippen molar-refractivity contribution < 1.29 is 15.0 Å². The first-order valence-corrected chi connectivity index (χ1v) is 7.38. The summed E-state index contributed by atoms with van der Waals surface area (Å²) >= 11 is 0. The van der Waals surface area contributed by atoms with E-state index in [1.54, 1.807) is 0 Å². The summed E-state index contributed by atoms with van der Waals surface area (Å²) in [7, 11) is 0. The molecule has 0 bridgehead atoms. The van der Waals surface area contributed by atoms with Crippen LogP contribution in [0, 0.1) is 0 Å². The van der Waals surface area contributed by atoms with E-state index >= 15 is 0 Å². The van der Waals surface area contributed by atoms with Crippen molar-refractivity contribution in [3.8, 4) is 0 Å². The molecule has 2 fully saturated rings. The summed E-state index contributed by atoms with van der Waals surface area (Å²) in [6, 6.07) is 8.11. The van der Waals surface area contributed by atoms with Crippen molar-refractivity contribution in [1.82, 2.24) is 4.90 Å². The quantitative estimate of drug-likeness (QED) is 0.735. The van der Waals surface area contributed by atoms with Crippen LogP contribution in [0.1, 0.15) is 36.3 Å². The lowest BCUT2D eigenvalue weighted by molar-refractivity contribution is -0.131. The zero-order chi connectivity index (χ0) is 13.9. The summed E-state index contributed by atoms with van der Waals surface area (Å²) in [5.74, 6) is 0.0201. The third kappa shape index (κ3) is 1.41. The van der Waals surface area contributed by atoms with Crippen molar-refractivity contribution in [3.05, 3.63) is 35.4 Å².